The molecule has 0 aliphatic rings. The van der Waals surface area contributed by atoms with Crippen LogP contribution in [0.25, 0.3) is 10.6 Å². The Morgan fingerprint density at radius 2 is 2.21 bits per heavy atom. The fourth-order valence-corrected chi connectivity index (χ4v) is 2.22. The van der Waals surface area contributed by atoms with Crippen molar-refractivity contribution in [2.24, 2.45) is 0 Å². The fourth-order valence-electron chi connectivity index (χ4n) is 1.17. The summed E-state index contributed by atoms with van der Waals surface area (Å²) in [5.41, 5.74) is 1.91. The van der Waals surface area contributed by atoms with Gasteiger partial charge in [0.15, 0.2) is 0 Å². The first-order chi connectivity index (χ1) is 6.66. The minimum absolute atomic E-state index is 0.737. The van der Waals surface area contributed by atoms with E-state index < -0.39 is 0 Å². The lowest BCUT2D eigenvalue weighted by molar-refractivity contribution is 1.31. The van der Waals surface area contributed by atoms with Crippen LogP contribution in [0.1, 0.15) is 10.6 Å². The summed E-state index contributed by atoms with van der Waals surface area (Å²) in [7, 11) is 0. The molecule has 14 heavy (non-hydrogen) atoms. The van der Waals surface area contributed by atoms with Crippen LogP contribution in [0.5, 0.6) is 0 Å². The zero-order valence-corrected chi connectivity index (χ0v) is 9.32. The Kier molecular flexibility index (Phi) is 2.57. The quantitative estimate of drug-likeness (QED) is 0.712. The molecule has 2 rings (SSSR count). The molecule has 1 radical (unpaired) electrons. The summed E-state index contributed by atoms with van der Waals surface area (Å²) in [6, 6.07) is 7.71. The third-order valence-electron chi connectivity index (χ3n) is 1.96. The summed E-state index contributed by atoms with van der Waals surface area (Å²) in [5, 5.41) is 1.72. The first-order valence-corrected chi connectivity index (χ1v) is 5.41. The molecule has 2 aromatic rings. The van der Waals surface area contributed by atoms with Crippen molar-refractivity contribution in [2.45, 2.75) is 6.92 Å². The number of nitrogens with zero attached hydrogens (tertiary/aromatic N) is 1. The fraction of sp³-hybridized carbons (Fsp3) is 0.0909. The molecule has 0 aliphatic carbocycles. The summed E-state index contributed by atoms with van der Waals surface area (Å²) in [6.07, 6.45) is 0. The van der Waals surface area contributed by atoms with E-state index in [1.165, 1.54) is 0 Å². The Bertz CT molecular complexity index is 443. The van der Waals surface area contributed by atoms with Crippen LogP contribution in [-0.4, -0.2) is 4.98 Å². The number of aryl methyl sites for hydroxylation is 1. The molecule has 0 aliphatic heterocycles. The molecule has 3 heteroatoms. The molecule has 71 valence electrons. The van der Waals surface area contributed by atoms with Crippen LogP contribution < -0.4 is 0 Å². The number of aromatic nitrogens is 1. The van der Waals surface area contributed by atoms with Crippen LogP contribution in [0.3, 0.4) is 0 Å². The van der Waals surface area contributed by atoms with Gasteiger partial charge in [0.1, 0.15) is 5.01 Å². The lowest BCUT2D eigenvalue weighted by Gasteiger charge is -1.95. The molecular weight excluding hydrogens is 214 g/mol. The van der Waals surface area contributed by atoms with E-state index in [2.05, 4.69) is 11.9 Å². The Balaban J connectivity index is 2.49. The van der Waals surface area contributed by atoms with Gasteiger partial charge in [-0.25, -0.2) is 4.98 Å². The molecule has 0 N–H and O–H groups in total. The van der Waals surface area contributed by atoms with Gasteiger partial charge in [-0.3, -0.25) is 0 Å². The monoisotopic (exact) mass is 222 g/mol. The van der Waals surface area contributed by atoms with Crippen molar-refractivity contribution in [2.75, 3.05) is 0 Å². The second-order valence-corrected chi connectivity index (χ2v) is 4.67. The molecule has 0 spiro atoms. The summed E-state index contributed by atoms with van der Waals surface area (Å²) in [5.74, 6) is 0. The second kappa shape index (κ2) is 3.71. The number of halogens is 1. The molecule has 1 aromatic heterocycles. The molecule has 0 fully saturated rings. The first-order valence-electron chi connectivity index (χ1n) is 4.22. The van der Waals surface area contributed by atoms with E-state index >= 15 is 0 Å². The molecular formula is C11H9ClNS. The minimum atomic E-state index is 0.737. The zero-order chi connectivity index (χ0) is 10.1. The average Bonchev–Trinajstić information content (AvgIpc) is 2.47. The van der Waals surface area contributed by atoms with Crippen LogP contribution in [0, 0.1) is 13.8 Å². The summed E-state index contributed by atoms with van der Waals surface area (Å²) in [6.45, 7) is 5.88. The predicted octanol–water partition coefficient (Wildman–Crippen LogP) is 3.95. The molecule has 0 saturated heterocycles. The van der Waals surface area contributed by atoms with Crippen molar-refractivity contribution in [1.29, 1.82) is 0 Å². The van der Waals surface area contributed by atoms with Gasteiger partial charge in [-0.2, -0.15) is 0 Å². The minimum Gasteiger partial charge on any atom is -0.241 e. The van der Waals surface area contributed by atoms with E-state index in [4.69, 9.17) is 11.6 Å². The average molecular weight is 223 g/mol. The summed E-state index contributed by atoms with van der Waals surface area (Å²) < 4.78 is 0. The van der Waals surface area contributed by atoms with E-state index in [1.807, 2.05) is 31.2 Å². The highest BCUT2D eigenvalue weighted by atomic mass is 35.5. The van der Waals surface area contributed by atoms with Crippen LogP contribution in [0.15, 0.2) is 24.3 Å². The Labute approximate surface area is 92.4 Å². The van der Waals surface area contributed by atoms with Crippen LogP contribution in [-0.2, 0) is 0 Å². The molecule has 0 amide bonds. The zero-order valence-electron chi connectivity index (χ0n) is 7.75. The predicted molar refractivity (Wildman–Crippen MR) is 61.8 cm³/mol. The summed E-state index contributed by atoms with van der Waals surface area (Å²) >= 11 is 7.55. The Morgan fingerprint density at radius 1 is 1.43 bits per heavy atom. The maximum atomic E-state index is 5.90. The molecule has 0 unspecified atom stereocenters. The topological polar surface area (TPSA) is 12.9 Å². The normalized spacial score (nSPS) is 10.5. The van der Waals surface area contributed by atoms with Gasteiger partial charge in [0.25, 0.3) is 0 Å². The SMILES string of the molecule is [CH2]c1nc(-c2cccc(Cl)c2)sc1C. The largest absolute Gasteiger partial charge is 0.241 e. The number of thiazole rings is 1. The van der Waals surface area contributed by atoms with Crippen molar-refractivity contribution in [3.63, 3.8) is 0 Å². The third-order valence-corrected chi connectivity index (χ3v) is 3.26. The second-order valence-electron chi connectivity index (χ2n) is 3.03. The van der Waals surface area contributed by atoms with E-state index in [1.54, 1.807) is 11.3 Å². The lowest BCUT2D eigenvalue weighted by atomic mass is 10.2. The molecule has 0 atom stereocenters. The van der Waals surface area contributed by atoms with Gasteiger partial charge in [-0.05, 0) is 26.0 Å². The van der Waals surface area contributed by atoms with Gasteiger partial charge in [-0.1, -0.05) is 23.7 Å². The third kappa shape index (κ3) is 1.81. The highest BCUT2D eigenvalue weighted by Crippen LogP contribution is 2.28. The standard InChI is InChI=1S/C11H9ClNS/c1-7-8(2)14-11(13-7)9-4-3-5-10(12)6-9/h3-6H,1H2,2H3. The van der Waals surface area contributed by atoms with Crippen LogP contribution >= 0.6 is 22.9 Å². The molecule has 1 nitrogen and oxygen atoms in total. The van der Waals surface area contributed by atoms with Crippen molar-refractivity contribution in [3.05, 3.63) is 46.8 Å². The van der Waals surface area contributed by atoms with Crippen LogP contribution in [0.2, 0.25) is 5.02 Å². The number of hydrogen-bond donors (Lipinski definition) is 0. The van der Waals surface area contributed by atoms with Crippen molar-refractivity contribution in [3.8, 4) is 10.6 Å². The smallest absolute Gasteiger partial charge is 0.123 e. The Morgan fingerprint density at radius 3 is 2.79 bits per heavy atom. The molecule has 0 bridgehead atoms. The Hall–Kier alpha value is -0.860. The van der Waals surface area contributed by atoms with Gasteiger partial charge in [0.2, 0.25) is 0 Å². The van der Waals surface area contributed by atoms with Gasteiger partial charge in [0, 0.05) is 15.5 Å². The molecule has 1 aromatic carbocycles. The lowest BCUT2D eigenvalue weighted by Crippen LogP contribution is -1.76. The van der Waals surface area contributed by atoms with E-state index in [9.17, 15) is 0 Å². The van der Waals surface area contributed by atoms with Gasteiger partial charge < -0.3 is 0 Å². The van der Waals surface area contributed by atoms with Gasteiger partial charge >= 0.3 is 0 Å². The number of hydrogen-bond acceptors (Lipinski definition) is 2. The number of benzene rings is 1. The van der Waals surface area contributed by atoms with Gasteiger partial charge in [-0.15, -0.1) is 11.3 Å². The van der Waals surface area contributed by atoms with Gasteiger partial charge in [0.05, 0.1) is 5.69 Å². The molecule has 1 heterocycles. The maximum absolute atomic E-state index is 5.90. The van der Waals surface area contributed by atoms with Crippen molar-refractivity contribution >= 4 is 22.9 Å². The molecule has 0 saturated carbocycles. The summed E-state index contributed by atoms with van der Waals surface area (Å²) in [4.78, 5) is 5.52. The maximum Gasteiger partial charge on any atom is 0.123 e. The van der Waals surface area contributed by atoms with Crippen molar-refractivity contribution < 1.29 is 0 Å². The highest BCUT2D eigenvalue weighted by molar-refractivity contribution is 7.15. The number of rotatable bonds is 1. The van der Waals surface area contributed by atoms with E-state index in [0.29, 0.717) is 0 Å². The van der Waals surface area contributed by atoms with E-state index in [-0.39, 0.29) is 0 Å². The first kappa shape index (κ1) is 9.69. The van der Waals surface area contributed by atoms with Crippen LogP contribution in [0.4, 0.5) is 0 Å². The highest BCUT2D eigenvalue weighted by Gasteiger charge is 2.05. The van der Waals surface area contributed by atoms with E-state index in [0.717, 1.165) is 26.2 Å². The van der Waals surface area contributed by atoms with Crippen molar-refractivity contribution in [1.82, 2.24) is 4.98 Å².